The Morgan fingerprint density at radius 2 is 2.17 bits per heavy atom. The quantitative estimate of drug-likeness (QED) is 0.476. The van der Waals surface area contributed by atoms with Gasteiger partial charge in [-0.1, -0.05) is 0 Å². The maximum Gasteiger partial charge on any atom is 0.306 e. The summed E-state index contributed by atoms with van der Waals surface area (Å²) in [6.45, 7) is 6.22. The molecule has 0 rings (SSSR count). The number of ether oxygens (including phenoxy) is 1. The number of carbonyl (C=O) groups is 1. The lowest BCUT2D eigenvalue weighted by atomic mass is 10.3. The van der Waals surface area contributed by atoms with Gasteiger partial charge in [0.1, 0.15) is 0 Å². The maximum absolute atomic E-state index is 10.8. The van der Waals surface area contributed by atoms with Crippen LogP contribution >= 0.6 is 0 Å². The Bertz CT molecular complexity index is 194. The van der Waals surface area contributed by atoms with E-state index in [1.165, 1.54) is 0 Å². The molecular formula is C10H16O2. The van der Waals surface area contributed by atoms with Crippen molar-refractivity contribution in [3.05, 3.63) is 17.4 Å². The number of allylic oxidation sites excluding steroid dienone is 1. The number of hydrogen-bond donors (Lipinski definition) is 0. The highest BCUT2D eigenvalue weighted by atomic mass is 16.5. The molecule has 0 N–H and O–H groups in total. The largest absolute Gasteiger partial charge is 0.466 e. The molecule has 0 saturated carbocycles. The summed E-state index contributed by atoms with van der Waals surface area (Å²) in [6, 6.07) is 0. The van der Waals surface area contributed by atoms with E-state index in [1.54, 1.807) is 0 Å². The van der Waals surface area contributed by atoms with Crippen molar-refractivity contribution < 1.29 is 9.53 Å². The first-order valence-corrected chi connectivity index (χ1v) is 4.20. The summed E-state index contributed by atoms with van der Waals surface area (Å²) in [4.78, 5) is 10.8. The van der Waals surface area contributed by atoms with E-state index in [-0.39, 0.29) is 5.97 Å². The lowest BCUT2D eigenvalue weighted by Crippen LogP contribution is -2.02. The molecule has 0 spiro atoms. The molecule has 0 radical (unpaired) electrons. The van der Waals surface area contributed by atoms with Gasteiger partial charge in [0.05, 0.1) is 6.61 Å². The highest BCUT2D eigenvalue weighted by molar-refractivity contribution is 5.69. The predicted molar refractivity (Wildman–Crippen MR) is 48.8 cm³/mol. The van der Waals surface area contributed by atoms with E-state index in [2.05, 4.69) is 5.73 Å². The zero-order valence-corrected chi connectivity index (χ0v) is 8.02. The second kappa shape index (κ2) is 6.68. The Morgan fingerprint density at radius 3 is 2.67 bits per heavy atom. The van der Waals surface area contributed by atoms with E-state index in [4.69, 9.17) is 4.74 Å². The smallest absolute Gasteiger partial charge is 0.306 e. The van der Waals surface area contributed by atoms with Crippen LogP contribution in [0.15, 0.2) is 17.4 Å². The van der Waals surface area contributed by atoms with Crippen molar-refractivity contribution in [2.24, 2.45) is 0 Å². The first kappa shape index (κ1) is 11.0. The van der Waals surface area contributed by atoms with Crippen LogP contribution in [0.2, 0.25) is 0 Å². The fourth-order valence-corrected chi connectivity index (χ4v) is 0.699. The van der Waals surface area contributed by atoms with Gasteiger partial charge in [-0.15, -0.1) is 5.73 Å². The molecule has 0 aliphatic heterocycles. The van der Waals surface area contributed by atoms with Crippen LogP contribution in [0, 0.1) is 0 Å². The van der Waals surface area contributed by atoms with Crippen LogP contribution in [-0.2, 0) is 9.53 Å². The molecule has 0 unspecified atom stereocenters. The van der Waals surface area contributed by atoms with Crippen LogP contribution in [0.4, 0.5) is 0 Å². The van der Waals surface area contributed by atoms with Crippen LogP contribution in [0.3, 0.4) is 0 Å². The third kappa shape index (κ3) is 7.10. The maximum atomic E-state index is 10.8. The Balaban J connectivity index is 3.57. The SMILES string of the molecule is CCOC(=O)CCC=C=C(C)C. The summed E-state index contributed by atoms with van der Waals surface area (Å²) in [5.74, 6) is -0.135. The summed E-state index contributed by atoms with van der Waals surface area (Å²) in [7, 11) is 0. The summed E-state index contributed by atoms with van der Waals surface area (Å²) < 4.78 is 4.76. The van der Waals surface area contributed by atoms with E-state index in [0.29, 0.717) is 19.4 Å². The van der Waals surface area contributed by atoms with Crippen molar-refractivity contribution in [3.63, 3.8) is 0 Å². The van der Waals surface area contributed by atoms with E-state index < -0.39 is 0 Å². The summed E-state index contributed by atoms with van der Waals surface area (Å²) in [6.07, 6.45) is 3.03. The van der Waals surface area contributed by atoms with Crippen LogP contribution in [-0.4, -0.2) is 12.6 Å². The van der Waals surface area contributed by atoms with Gasteiger partial charge in [-0.3, -0.25) is 4.79 Å². The Kier molecular flexibility index (Phi) is 6.12. The van der Waals surface area contributed by atoms with Crippen molar-refractivity contribution in [3.8, 4) is 0 Å². The molecule has 68 valence electrons. The monoisotopic (exact) mass is 168 g/mol. The average Bonchev–Trinajstić information content (AvgIpc) is 1.98. The molecule has 0 atom stereocenters. The van der Waals surface area contributed by atoms with Crippen molar-refractivity contribution in [1.82, 2.24) is 0 Å². The average molecular weight is 168 g/mol. The first-order valence-electron chi connectivity index (χ1n) is 4.20. The van der Waals surface area contributed by atoms with Crippen LogP contribution in [0.1, 0.15) is 33.6 Å². The zero-order valence-electron chi connectivity index (χ0n) is 8.02. The molecule has 12 heavy (non-hydrogen) atoms. The number of carbonyl (C=O) groups excluding carboxylic acids is 1. The molecule has 0 fully saturated rings. The minimum atomic E-state index is -0.135. The van der Waals surface area contributed by atoms with E-state index >= 15 is 0 Å². The second-order valence-corrected chi connectivity index (χ2v) is 2.69. The van der Waals surface area contributed by atoms with Gasteiger partial charge in [0.25, 0.3) is 0 Å². The fourth-order valence-electron chi connectivity index (χ4n) is 0.699. The lowest BCUT2D eigenvalue weighted by Gasteiger charge is -1.97. The number of esters is 1. The van der Waals surface area contributed by atoms with E-state index in [1.807, 2.05) is 26.8 Å². The molecule has 0 saturated heterocycles. The Hall–Kier alpha value is -1.01. The molecule has 0 aliphatic rings. The van der Waals surface area contributed by atoms with Crippen LogP contribution < -0.4 is 0 Å². The molecule has 0 aromatic carbocycles. The van der Waals surface area contributed by atoms with Crippen molar-refractivity contribution in [1.29, 1.82) is 0 Å². The molecular weight excluding hydrogens is 152 g/mol. The van der Waals surface area contributed by atoms with Crippen LogP contribution in [0.5, 0.6) is 0 Å². The highest BCUT2D eigenvalue weighted by Gasteiger charge is 1.97. The van der Waals surface area contributed by atoms with Gasteiger partial charge in [0.15, 0.2) is 0 Å². The second-order valence-electron chi connectivity index (χ2n) is 2.69. The standard InChI is InChI=1S/C10H16O2/c1-4-12-10(11)8-6-5-7-9(2)3/h5H,4,6,8H2,1-3H3. The third-order valence-corrected chi connectivity index (χ3v) is 1.19. The third-order valence-electron chi connectivity index (χ3n) is 1.19. The van der Waals surface area contributed by atoms with Crippen molar-refractivity contribution in [2.75, 3.05) is 6.61 Å². The van der Waals surface area contributed by atoms with Gasteiger partial charge in [0.2, 0.25) is 0 Å². The first-order chi connectivity index (χ1) is 5.66. The molecule has 0 bridgehead atoms. The van der Waals surface area contributed by atoms with Gasteiger partial charge in [-0.2, -0.15) is 0 Å². The molecule has 0 aromatic heterocycles. The van der Waals surface area contributed by atoms with Crippen LogP contribution in [0.25, 0.3) is 0 Å². The van der Waals surface area contributed by atoms with Gasteiger partial charge in [0, 0.05) is 6.42 Å². The number of hydrogen-bond acceptors (Lipinski definition) is 2. The minimum Gasteiger partial charge on any atom is -0.466 e. The molecule has 2 nitrogen and oxygen atoms in total. The highest BCUT2D eigenvalue weighted by Crippen LogP contribution is 1.94. The molecule has 0 heterocycles. The van der Waals surface area contributed by atoms with E-state index in [0.717, 1.165) is 5.57 Å². The molecule has 0 aliphatic carbocycles. The summed E-state index contributed by atoms with van der Waals surface area (Å²) in [5, 5.41) is 0. The number of rotatable bonds is 4. The van der Waals surface area contributed by atoms with Gasteiger partial charge in [-0.25, -0.2) is 0 Å². The Labute approximate surface area is 73.9 Å². The normalized spacial score (nSPS) is 8.58. The van der Waals surface area contributed by atoms with Gasteiger partial charge in [-0.05, 0) is 38.8 Å². The van der Waals surface area contributed by atoms with Crippen molar-refractivity contribution in [2.45, 2.75) is 33.6 Å². The lowest BCUT2D eigenvalue weighted by molar-refractivity contribution is -0.142. The summed E-state index contributed by atoms with van der Waals surface area (Å²) >= 11 is 0. The minimum absolute atomic E-state index is 0.135. The Morgan fingerprint density at radius 1 is 1.50 bits per heavy atom. The summed E-state index contributed by atoms with van der Waals surface area (Å²) in [5.41, 5.74) is 4.15. The van der Waals surface area contributed by atoms with Crippen molar-refractivity contribution >= 4 is 5.97 Å². The molecule has 0 amide bonds. The molecule has 0 aromatic rings. The van der Waals surface area contributed by atoms with Gasteiger partial charge < -0.3 is 4.74 Å². The van der Waals surface area contributed by atoms with E-state index in [9.17, 15) is 4.79 Å². The fraction of sp³-hybridized carbons (Fsp3) is 0.600. The van der Waals surface area contributed by atoms with Gasteiger partial charge >= 0.3 is 5.97 Å². The zero-order chi connectivity index (χ0) is 9.40. The predicted octanol–water partition coefficient (Wildman–Crippen LogP) is 2.45. The molecule has 2 heteroatoms. The topological polar surface area (TPSA) is 26.3 Å².